The highest BCUT2D eigenvalue weighted by Gasteiger charge is 2.14. The monoisotopic (exact) mass is 292 g/mol. The van der Waals surface area contributed by atoms with Gasteiger partial charge in [0, 0.05) is 12.1 Å². The predicted molar refractivity (Wildman–Crippen MR) is 72.0 cm³/mol. The minimum absolute atomic E-state index is 0.108. The summed E-state index contributed by atoms with van der Waals surface area (Å²) in [5.74, 6) is -1.81. The summed E-state index contributed by atoms with van der Waals surface area (Å²) < 4.78 is 27.5. The first-order valence-corrected chi connectivity index (χ1v) is 6.19. The number of nitrogens with one attached hydrogen (secondary N) is 2. The lowest BCUT2D eigenvalue weighted by molar-refractivity contribution is 0.509. The molecule has 21 heavy (non-hydrogen) atoms. The normalized spacial score (nSPS) is 11.2. The molecule has 6 nitrogen and oxygen atoms in total. The van der Waals surface area contributed by atoms with E-state index in [4.69, 9.17) is 0 Å². The molecule has 8 heteroatoms. The zero-order valence-corrected chi connectivity index (χ0v) is 10.9. The number of benzene rings is 1. The van der Waals surface area contributed by atoms with Crippen LogP contribution < -0.4 is 11.2 Å². The first-order chi connectivity index (χ1) is 10.0. The van der Waals surface area contributed by atoms with Gasteiger partial charge in [0.15, 0.2) is 17.3 Å². The van der Waals surface area contributed by atoms with Crippen LogP contribution in [0, 0.1) is 11.6 Å². The average Bonchev–Trinajstić information content (AvgIpc) is 2.87. The van der Waals surface area contributed by atoms with Crippen molar-refractivity contribution in [1.29, 1.82) is 0 Å². The summed E-state index contributed by atoms with van der Waals surface area (Å²) in [6.07, 6.45) is 0. The number of aromatic amines is 2. The fraction of sp³-hybridized carbons (Fsp3) is 0.154. The van der Waals surface area contributed by atoms with Gasteiger partial charge in [-0.05, 0) is 25.1 Å². The molecule has 108 valence electrons. The number of halogens is 2. The molecule has 2 aromatic heterocycles. The van der Waals surface area contributed by atoms with Crippen molar-refractivity contribution in [1.82, 2.24) is 19.5 Å². The minimum Gasteiger partial charge on any atom is -0.332 e. The molecule has 0 aliphatic carbocycles. The average molecular weight is 292 g/mol. The highest BCUT2D eigenvalue weighted by atomic mass is 19.2. The van der Waals surface area contributed by atoms with Gasteiger partial charge in [0.25, 0.3) is 5.56 Å². The molecular formula is C13H10F2N4O2. The molecule has 0 amide bonds. The smallest absolute Gasteiger partial charge is 0.330 e. The van der Waals surface area contributed by atoms with Crippen molar-refractivity contribution in [2.75, 3.05) is 0 Å². The molecule has 1 aromatic carbocycles. The van der Waals surface area contributed by atoms with E-state index in [-0.39, 0.29) is 22.6 Å². The maximum absolute atomic E-state index is 13.3. The van der Waals surface area contributed by atoms with E-state index in [1.54, 1.807) is 6.92 Å². The van der Waals surface area contributed by atoms with Crippen LogP contribution in [-0.2, 0) is 6.54 Å². The van der Waals surface area contributed by atoms with Crippen LogP contribution in [0.25, 0.3) is 22.6 Å². The highest BCUT2D eigenvalue weighted by Crippen LogP contribution is 2.20. The van der Waals surface area contributed by atoms with Crippen molar-refractivity contribution >= 4 is 11.2 Å². The molecule has 0 fully saturated rings. The van der Waals surface area contributed by atoms with Crippen LogP contribution in [0.5, 0.6) is 0 Å². The van der Waals surface area contributed by atoms with E-state index < -0.39 is 22.9 Å². The number of fused-ring (bicyclic) bond motifs is 1. The Morgan fingerprint density at radius 1 is 1.19 bits per heavy atom. The van der Waals surface area contributed by atoms with E-state index in [0.29, 0.717) is 6.54 Å². The highest BCUT2D eigenvalue weighted by molar-refractivity contribution is 5.75. The zero-order chi connectivity index (χ0) is 15.1. The van der Waals surface area contributed by atoms with Crippen LogP contribution in [0.3, 0.4) is 0 Å². The van der Waals surface area contributed by atoms with Gasteiger partial charge in [0.2, 0.25) is 0 Å². The van der Waals surface area contributed by atoms with Crippen LogP contribution in [0.2, 0.25) is 0 Å². The van der Waals surface area contributed by atoms with Crippen molar-refractivity contribution in [2.45, 2.75) is 13.5 Å². The Balaban J connectivity index is 2.30. The maximum Gasteiger partial charge on any atom is 0.330 e. The summed E-state index contributed by atoms with van der Waals surface area (Å²) in [5.41, 5.74) is -0.624. The number of H-pyrrole nitrogens is 2. The van der Waals surface area contributed by atoms with E-state index in [2.05, 4.69) is 15.0 Å². The lowest BCUT2D eigenvalue weighted by Crippen LogP contribution is -2.29. The zero-order valence-electron chi connectivity index (χ0n) is 10.9. The Morgan fingerprint density at radius 3 is 2.62 bits per heavy atom. The molecule has 2 heterocycles. The van der Waals surface area contributed by atoms with Gasteiger partial charge in [0.05, 0.1) is 0 Å². The summed E-state index contributed by atoms with van der Waals surface area (Å²) in [7, 11) is 0. The molecule has 0 bridgehead atoms. The summed E-state index contributed by atoms with van der Waals surface area (Å²) in [4.78, 5) is 32.5. The second-order valence-electron chi connectivity index (χ2n) is 4.42. The molecule has 0 saturated heterocycles. The number of hydrogen-bond donors (Lipinski definition) is 2. The molecule has 0 atom stereocenters. The number of hydrogen-bond acceptors (Lipinski definition) is 3. The van der Waals surface area contributed by atoms with E-state index in [1.165, 1.54) is 10.6 Å². The fourth-order valence-electron chi connectivity index (χ4n) is 2.11. The van der Waals surface area contributed by atoms with Crippen LogP contribution >= 0.6 is 0 Å². The van der Waals surface area contributed by atoms with Gasteiger partial charge in [-0.15, -0.1) is 0 Å². The second-order valence-corrected chi connectivity index (χ2v) is 4.42. The van der Waals surface area contributed by atoms with Crippen molar-refractivity contribution in [2.24, 2.45) is 0 Å². The standard InChI is InChI=1S/C13H10F2N4O2/c1-2-19-11-9(12(20)18-13(19)21)16-10(17-11)6-3-4-7(14)8(15)5-6/h3-5H,2H2,1H3,(H,16,17)(H,18,20,21). The molecule has 0 unspecified atom stereocenters. The SMILES string of the molecule is CCn1c(=O)[nH]c(=O)c2[nH]c(-c3ccc(F)c(F)c3)nc21. The molecule has 3 aromatic rings. The quantitative estimate of drug-likeness (QED) is 0.748. The Labute approximate surface area is 116 Å². The molecule has 0 spiro atoms. The summed E-state index contributed by atoms with van der Waals surface area (Å²) in [6, 6.07) is 3.27. The van der Waals surface area contributed by atoms with Gasteiger partial charge in [-0.3, -0.25) is 14.3 Å². The topological polar surface area (TPSA) is 83.5 Å². The Bertz CT molecular complexity index is 955. The van der Waals surface area contributed by atoms with Crippen LogP contribution in [0.4, 0.5) is 8.78 Å². The maximum atomic E-state index is 13.3. The summed E-state index contributed by atoms with van der Waals surface area (Å²) in [5, 5.41) is 0. The summed E-state index contributed by atoms with van der Waals surface area (Å²) in [6.45, 7) is 2.04. The molecular weight excluding hydrogens is 282 g/mol. The van der Waals surface area contributed by atoms with E-state index in [1.807, 2.05) is 0 Å². The van der Waals surface area contributed by atoms with Gasteiger partial charge < -0.3 is 4.98 Å². The predicted octanol–water partition coefficient (Wildman–Crippen LogP) is 1.38. The van der Waals surface area contributed by atoms with Crippen molar-refractivity contribution in [3.8, 4) is 11.4 Å². The van der Waals surface area contributed by atoms with E-state index in [9.17, 15) is 18.4 Å². The number of aromatic nitrogens is 4. The fourth-order valence-corrected chi connectivity index (χ4v) is 2.11. The molecule has 0 saturated carbocycles. The third-order valence-electron chi connectivity index (χ3n) is 3.14. The minimum atomic E-state index is -1.02. The third-order valence-corrected chi connectivity index (χ3v) is 3.14. The van der Waals surface area contributed by atoms with Crippen LogP contribution in [0.1, 0.15) is 6.92 Å². The Hall–Kier alpha value is -2.77. The van der Waals surface area contributed by atoms with Gasteiger partial charge >= 0.3 is 5.69 Å². The molecule has 3 rings (SSSR count). The van der Waals surface area contributed by atoms with Crippen molar-refractivity contribution < 1.29 is 8.78 Å². The molecule has 0 aliphatic heterocycles. The number of imidazole rings is 1. The summed E-state index contributed by atoms with van der Waals surface area (Å²) >= 11 is 0. The number of nitrogens with zero attached hydrogens (tertiary/aromatic N) is 2. The lowest BCUT2D eigenvalue weighted by atomic mass is 10.2. The first kappa shape index (κ1) is 13.2. The second kappa shape index (κ2) is 4.65. The largest absolute Gasteiger partial charge is 0.332 e. The lowest BCUT2D eigenvalue weighted by Gasteiger charge is -2.00. The van der Waals surface area contributed by atoms with Gasteiger partial charge in [-0.2, -0.15) is 0 Å². The van der Waals surface area contributed by atoms with E-state index >= 15 is 0 Å². The van der Waals surface area contributed by atoms with Crippen LogP contribution in [-0.4, -0.2) is 19.5 Å². The molecule has 2 N–H and O–H groups in total. The van der Waals surface area contributed by atoms with Gasteiger partial charge in [-0.25, -0.2) is 18.6 Å². The third kappa shape index (κ3) is 2.04. The Morgan fingerprint density at radius 2 is 1.95 bits per heavy atom. The number of rotatable bonds is 2. The van der Waals surface area contributed by atoms with E-state index in [0.717, 1.165) is 12.1 Å². The van der Waals surface area contributed by atoms with Gasteiger partial charge in [-0.1, -0.05) is 0 Å². The van der Waals surface area contributed by atoms with Crippen LogP contribution in [0.15, 0.2) is 27.8 Å². The Kier molecular flexibility index (Phi) is 2.93. The van der Waals surface area contributed by atoms with Crippen molar-refractivity contribution in [3.63, 3.8) is 0 Å². The first-order valence-electron chi connectivity index (χ1n) is 6.19. The molecule has 0 aliphatic rings. The number of aryl methyl sites for hydroxylation is 1. The van der Waals surface area contributed by atoms with Crippen molar-refractivity contribution in [3.05, 3.63) is 50.7 Å². The van der Waals surface area contributed by atoms with Gasteiger partial charge in [0.1, 0.15) is 11.3 Å². The molecule has 0 radical (unpaired) electrons.